The molecule has 19 heavy (non-hydrogen) atoms. The highest BCUT2D eigenvalue weighted by Gasteiger charge is 2.36. The first kappa shape index (κ1) is 14.5. The van der Waals surface area contributed by atoms with Crippen LogP contribution >= 0.6 is 22.6 Å². The summed E-state index contributed by atoms with van der Waals surface area (Å²) in [6.07, 6.45) is 0. The van der Waals surface area contributed by atoms with Crippen LogP contribution in [0.1, 0.15) is 34.6 Å². The van der Waals surface area contributed by atoms with Crippen molar-refractivity contribution in [2.24, 2.45) is 5.92 Å². The van der Waals surface area contributed by atoms with Crippen molar-refractivity contribution in [2.45, 2.75) is 13.8 Å². The standard InChI is InChI=1S/C14H16INO3/c1-9(2)8-19-7-6-16-13(17)10-4-3-5-11(15)12(10)14(16)18/h3-5,9H,6-8H2,1-2H3. The summed E-state index contributed by atoms with van der Waals surface area (Å²) in [6, 6.07) is 5.33. The van der Waals surface area contributed by atoms with E-state index in [4.69, 9.17) is 4.74 Å². The highest BCUT2D eigenvalue weighted by Crippen LogP contribution is 2.26. The molecule has 0 unspecified atom stereocenters. The van der Waals surface area contributed by atoms with Crippen LogP contribution in [0.25, 0.3) is 0 Å². The van der Waals surface area contributed by atoms with Crippen LogP contribution in [0.2, 0.25) is 0 Å². The Hall–Kier alpha value is -0.950. The third-order valence-electron chi connectivity index (χ3n) is 2.86. The van der Waals surface area contributed by atoms with Crippen molar-refractivity contribution in [1.29, 1.82) is 0 Å². The molecule has 1 heterocycles. The van der Waals surface area contributed by atoms with Crippen molar-refractivity contribution >= 4 is 34.4 Å². The van der Waals surface area contributed by atoms with E-state index in [1.54, 1.807) is 12.1 Å². The van der Waals surface area contributed by atoms with Crippen LogP contribution in [-0.4, -0.2) is 36.5 Å². The molecule has 1 aliphatic rings. The third-order valence-corrected chi connectivity index (χ3v) is 3.76. The Morgan fingerprint density at radius 3 is 2.63 bits per heavy atom. The third kappa shape index (κ3) is 2.97. The predicted octanol–water partition coefficient (Wildman–Crippen LogP) is 2.56. The van der Waals surface area contributed by atoms with Crippen molar-refractivity contribution in [3.63, 3.8) is 0 Å². The second-order valence-corrected chi connectivity index (χ2v) is 6.06. The fraction of sp³-hybridized carbons (Fsp3) is 0.429. The Balaban J connectivity index is 2.04. The van der Waals surface area contributed by atoms with Crippen molar-refractivity contribution in [3.05, 3.63) is 32.9 Å². The molecule has 102 valence electrons. The molecule has 4 nitrogen and oxygen atoms in total. The van der Waals surface area contributed by atoms with Gasteiger partial charge in [-0.25, -0.2) is 0 Å². The number of hydrogen-bond acceptors (Lipinski definition) is 3. The van der Waals surface area contributed by atoms with Crippen LogP contribution in [0.15, 0.2) is 18.2 Å². The van der Waals surface area contributed by atoms with Gasteiger partial charge in [0.05, 0.1) is 24.3 Å². The lowest BCUT2D eigenvalue weighted by molar-refractivity contribution is 0.0535. The summed E-state index contributed by atoms with van der Waals surface area (Å²) in [4.78, 5) is 25.6. The van der Waals surface area contributed by atoms with E-state index in [0.717, 1.165) is 3.57 Å². The van der Waals surface area contributed by atoms with E-state index in [0.29, 0.717) is 36.8 Å². The number of carbonyl (C=O) groups is 2. The first-order valence-corrected chi connectivity index (χ1v) is 7.32. The van der Waals surface area contributed by atoms with E-state index in [-0.39, 0.29) is 11.8 Å². The maximum atomic E-state index is 12.2. The SMILES string of the molecule is CC(C)COCCN1C(=O)c2cccc(I)c2C1=O. The van der Waals surface area contributed by atoms with Gasteiger partial charge >= 0.3 is 0 Å². The average molecular weight is 373 g/mol. The highest BCUT2D eigenvalue weighted by molar-refractivity contribution is 14.1. The Morgan fingerprint density at radius 2 is 2.00 bits per heavy atom. The molecule has 0 spiro atoms. The molecular weight excluding hydrogens is 357 g/mol. The summed E-state index contributed by atoms with van der Waals surface area (Å²) in [5, 5.41) is 0. The number of nitrogens with zero attached hydrogens (tertiary/aromatic N) is 1. The molecule has 2 rings (SSSR count). The first-order valence-electron chi connectivity index (χ1n) is 6.24. The Labute approximate surface area is 126 Å². The van der Waals surface area contributed by atoms with Crippen LogP contribution in [0.3, 0.4) is 0 Å². The smallest absolute Gasteiger partial charge is 0.262 e. The molecule has 0 atom stereocenters. The second-order valence-electron chi connectivity index (χ2n) is 4.89. The molecule has 0 saturated heterocycles. The lowest BCUT2D eigenvalue weighted by Gasteiger charge is -2.14. The van der Waals surface area contributed by atoms with Crippen LogP contribution in [0.4, 0.5) is 0 Å². The lowest BCUT2D eigenvalue weighted by atomic mass is 10.1. The molecule has 0 fully saturated rings. The van der Waals surface area contributed by atoms with E-state index in [1.165, 1.54) is 4.90 Å². The van der Waals surface area contributed by atoms with Crippen LogP contribution in [-0.2, 0) is 4.74 Å². The molecule has 2 amide bonds. The Bertz CT molecular complexity index is 513. The number of fused-ring (bicyclic) bond motifs is 1. The van der Waals surface area contributed by atoms with Gasteiger partial charge in [-0.1, -0.05) is 19.9 Å². The highest BCUT2D eigenvalue weighted by atomic mass is 127. The van der Waals surface area contributed by atoms with Crippen molar-refractivity contribution in [1.82, 2.24) is 4.90 Å². The first-order chi connectivity index (χ1) is 9.02. The minimum absolute atomic E-state index is 0.210. The maximum Gasteiger partial charge on any atom is 0.262 e. The molecule has 0 saturated carbocycles. The molecule has 0 bridgehead atoms. The summed E-state index contributed by atoms with van der Waals surface area (Å²) in [5.74, 6) is 0.0212. The van der Waals surface area contributed by atoms with Gasteiger partial charge in [-0.2, -0.15) is 0 Å². The Kier molecular flexibility index (Phi) is 4.57. The van der Waals surface area contributed by atoms with E-state index in [9.17, 15) is 9.59 Å². The van der Waals surface area contributed by atoms with Gasteiger partial charge in [-0.15, -0.1) is 0 Å². The number of ether oxygens (including phenoxy) is 1. The molecule has 5 heteroatoms. The molecule has 1 aromatic carbocycles. The summed E-state index contributed by atoms with van der Waals surface area (Å²) >= 11 is 2.08. The van der Waals surface area contributed by atoms with Gasteiger partial charge in [0.2, 0.25) is 0 Å². The fourth-order valence-electron chi connectivity index (χ4n) is 1.97. The van der Waals surface area contributed by atoms with Gasteiger partial charge in [-0.05, 0) is 40.6 Å². The molecule has 1 aliphatic heterocycles. The Morgan fingerprint density at radius 1 is 1.26 bits per heavy atom. The minimum atomic E-state index is -0.216. The van der Waals surface area contributed by atoms with Gasteiger partial charge in [0.15, 0.2) is 0 Å². The largest absolute Gasteiger partial charge is 0.379 e. The predicted molar refractivity (Wildman–Crippen MR) is 80.2 cm³/mol. The molecule has 0 radical (unpaired) electrons. The van der Waals surface area contributed by atoms with Crippen LogP contribution in [0, 0.1) is 9.49 Å². The minimum Gasteiger partial charge on any atom is -0.379 e. The molecular formula is C14H16INO3. The summed E-state index contributed by atoms with van der Waals surface area (Å²) in [5.41, 5.74) is 1.03. The van der Waals surface area contributed by atoms with Gasteiger partial charge in [0, 0.05) is 10.2 Å². The van der Waals surface area contributed by atoms with E-state index in [1.807, 2.05) is 6.07 Å². The van der Waals surface area contributed by atoms with Gasteiger partial charge in [0.25, 0.3) is 11.8 Å². The summed E-state index contributed by atoms with van der Waals surface area (Å²) < 4.78 is 6.25. The number of amides is 2. The topological polar surface area (TPSA) is 46.6 Å². The van der Waals surface area contributed by atoms with Crippen molar-refractivity contribution < 1.29 is 14.3 Å². The zero-order valence-corrected chi connectivity index (χ0v) is 13.1. The van der Waals surface area contributed by atoms with Gasteiger partial charge in [-0.3, -0.25) is 14.5 Å². The number of imide groups is 1. The summed E-state index contributed by atoms with van der Waals surface area (Å²) in [6.45, 7) is 5.46. The zero-order chi connectivity index (χ0) is 14.0. The number of halogens is 1. The molecule has 0 aliphatic carbocycles. The maximum absolute atomic E-state index is 12.2. The normalized spacial score (nSPS) is 14.4. The van der Waals surface area contributed by atoms with Crippen LogP contribution in [0.5, 0.6) is 0 Å². The lowest BCUT2D eigenvalue weighted by Crippen LogP contribution is -2.33. The number of hydrogen-bond donors (Lipinski definition) is 0. The number of benzene rings is 1. The zero-order valence-electron chi connectivity index (χ0n) is 11.0. The molecule has 0 aromatic heterocycles. The van der Waals surface area contributed by atoms with Crippen molar-refractivity contribution in [2.75, 3.05) is 19.8 Å². The molecule has 0 N–H and O–H groups in total. The summed E-state index contributed by atoms with van der Waals surface area (Å²) in [7, 11) is 0. The quantitative estimate of drug-likeness (QED) is 0.453. The molecule has 1 aromatic rings. The van der Waals surface area contributed by atoms with Gasteiger partial charge in [0.1, 0.15) is 0 Å². The average Bonchev–Trinajstić information content (AvgIpc) is 2.59. The van der Waals surface area contributed by atoms with Crippen LogP contribution < -0.4 is 0 Å². The monoisotopic (exact) mass is 373 g/mol. The van der Waals surface area contributed by atoms with E-state index in [2.05, 4.69) is 36.4 Å². The fourth-order valence-corrected chi connectivity index (χ4v) is 2.70. The van der Waals surface area contributed by atoms with Crippen molar-refractivity contribution in [3.8, 4) is 0 Å². The van der Waals surface area contributed by atoms with Gasteiger partial charge < -0.3 is 4.74 Å². The second kappa shape index (κ2) is 6.00. The van der Waals surface area contributed by atoms with E-state index >= 15 is 0 Å². The number of carbonyl (C=O) groups excluding carboxylic acids is 2. The number of rotatable bonds is 5. The van der Waals surface area contributed by atoms with E-state index < -0.39 is 0 Å².